The summed E-state index contributed by atoms with van der Waals surface area (Å²) >= 11 is 0. The number of carbonyl (C=O) groups is 1. The Morgan fingerprint density at radius 2 is 2.38 bits per heavy atom. The molecule has 0 N–H and O–H groups in total. The van der Waals surface area contributed by atoms with Gasteiger partial charge in [0.1, 0.15) is 6.67 Å². The van der Waals surface area contributed by atoms with Crippen LogP contribution in [0.15, 0.2) is 12.2 Å². The minimum atomic E-state index is -0.550. The SMILES string of the molecule is CCC(=O)C=CCF. The lowest BCUT2D eigenvalue weighted by Crippen LogP contribution is -1.86. The molecule has 0 unspecified atom stereocenters. The maximum Gasteiger partial charge on any atom is 0.155 e. The molecule has 2 heteroatoms. The second-order valence-corrected chi connectivity index (χ2v) is 1.38. The molecule has 1 nitrogen and oxygen atoms in total. The average molecular weight is 116 g/mol. The molecule has 0 amide bonds. The Hall–Kier alpha value is -0.660. The number of hydrogen-bond donors (Lipinski definition) is 0. The fraction of sp³-hybridized carbons (Fsp3) is 0.500. The topological polar surface area (TPSA) is 17.1 Å². The molecule has 46 valence electrons. The number of halogens is 1. The zero-order chi connectivity index (χ0) is 6.41. The molecule has 0 heterocycles. The van der Waals surface area contributed by atoms with Crippen LogP contribution in [0.2, 0.25) is 0 Å². The van der Waals surface area contributed by atoms with Crippen molar-refractivity contribution in [1.82, 2.24) is 0 Å². The van der Waals surface area contributed by atoms with Crippen molar-refractivity contribution in [2.45, 2.75) is 13.3 Å². The lowest BCUT2D eigenvalue weighted by molar-refractivity contribution is -0.114. The monoisotopic (exact) mass is 116 g/mol. The molecule has 0 bridgehead atoms. The first-order valence-electron chi connectivity index (χ1n) is 2.56. The standard InChI is InChI=1S/C6H9FO/c1-2-6(8)4-3-5-7/h3-4H,2,5H2,1H3. The van der Waals surface area contributed by atoms with Crippen molar-refractivity contribution in [2.24, 2.45) is 0 Å². The van der Waals surface area contributed by atoms with Crippen LogP contribution in [-0.2, 0) is 4.79 Å². The van der Waals surface area contributed by atoms with Crippen molar-refractivity contribution in [3.63, 3.8) is 0 Å². The molecular formula is C6H9FO. The molecule has 0 saturated carbocycles. The quantitative estimate of drug-likeness (QED) is 0.510. The molecule has 0 aliphatic rings. The number of rotatable bonds is 3. The van der Waals surface area contributed by atoms with Crippen LogP contribution in [0.3, 0.4) is 0 Å². The van der Waals surface area contributed by atoms with Gasteiger partial charge in [0, 0.05) is 6.42 Å². The molecule has 0 rings (SSSR count). The van der Waals surface area contributed by atoms with Crippen LogP contribution in [0.1, 0.15) is 13.3 Å². The van der Waals surface area contributed by atoms with Gasteiger partial charge in [-0.05, 0) is 6.08 Å². The molecule has 8 heavy (non-hydrogen) atoms. The van der Waals surface area contributed by atoms with Crippen molar-refractivity contribution in [3.05, 3.63) is 12.2 Å². The van der Waals surface area contributed by atoms with Crippen LogP contribution >= 0.6 is 0 Å². The van der Waals surface area contributed by atoms with Crippen LogP contribution in [-0.4, -0.2) is 12.5 Å². The number of carbonyl (C=O) groups excluding carboxylic acids is 1. The van der Waals surface area contributed by atoms with Gasteiger partial charge in [-0.3, -0.25) is 4.79 Å². The van der Waals surface area contributed by atoms with Gasteiger partial charge in [-0.25, -0.2) is 4.39 Å². The third-order valence-corrected chi connectivity index (χ3v) is 0.741. The summed E-state index contributed by atoms with van der Waals surface area (Å²) in [4.78, 5) is 10.3. The second kappa shape index (κ2) is 4.50. The number of ketones is 1. The minimum absolute atomic E-state index is 0.0253. The lowest BCUT2D eigenvalue weighted by Gasteiger charge is -1.79. The maximum atomic E-state index is 11.3. The predicted molar refractivity (Wildman–Crippen MR) is 30.4 cm³/mol. The largest absolute Gasteiger partial charge is 0.295 e. The summed E-state index contributed by atoms with van der Waals surface area (Å²) in [5, 5.41) is 0. The van der Waals surface area contributed by atoms with Gasteiger partial charge in [-0.1, -0.05) is 13.0 Å². The fourth-order valence-corrected chi connectivity index (χ4v) is 0.294. The predicted octanol–water partition coefficient (Wildman–Crippen LogP) is 1.49. The molecule has 0 aliphatic heterocycles. The number of allylic oxidation sites excluding steroid dienone is 2. The molecule has 0 atom stereocenters. The van der Waals surface area contributed by atoms with E-state index in [2.05, 4.69) is 0 Å². The molecule has 0 aromatic heterocycles. The Morgan fingerprint density at radius 1 is 1.75 bits per heavy atom. The van der Waals surface area contributed by atoms with Crippen LogP contribution in [0.4, 0.5) is 4.39 Å². The normalized spacial score (nSPS) is 10.2. The lowest BCUT2D eigenvalue weighted by atomic mass is 10.3. The van der Waals surface area contributed by atoms with E-state index in [-0.39, 0.29) is 5.78 Å². The zero-order valence-electron chi connectivity index (χ0n) is 4.86. The smallest absolute Gasteiger partial charge is 0.155 e. The van der Waals surface area contributed by atoms with Gasteiger partial charge in [0.2, 0.25) is 0 Å². The molecular weight excluding hydrogens is 107 g/mol. The third kappa shape index (κ3) is 3.53. The Morgan fingerprint density at radius 3 is 2.75 bits per heavy atom. The second-order valence-electron chi connectivity index (χ2n) is 1.38. The Kier molecular flexibility index (Phi) is 4.13. The van der Waals surface area contributed by atoms with Crippen molar-refractivity contribution in [3.8, 4) is 0 Å². The van der Waals surface area contributed by atoms with Crippen LogP contribution in [0.5, 0.6) is 0 Å². The Labute approximate surface area is 48.2 Å². The van der Waals surface area contributed by atoms with E-state index < -0.39 is 6.67 Å². The first-order valence-corrected chi connectivity index (χ1v) is 2.56. The van der Waals surface area contributed by atoms with Gasteiger partial charge in [-0.2, -0.15) is 0 Å². The highest BCUT2D eigenvalue weighted by Crippen LogP contribution is 1.82. The summed E-state index contributed by atoms with van der Waals surface area (Å²) in [6.07, 6.45) is 2.93. The van der Waals surface area contributed by atoms with Crippen molar-refractivity contribution in [1.29, 1.82) is 0 Å². The fourth-order valence-electron chi connectivity index (χ4n) is 0.294. The van der Waals surface area contributed by atoms with Crippen molar-refractivity contribution >= 4 is 5.78 Å². The molecule has 0 aliphatic carbocycles. The molecule has 0 saturated heterocycles. The van der Waals surface area contributed by atoms with Crippen molar-refractivity contribution < 1.29 is 9.18 Å². The number of alkyl halides is 1. The number of hydrogen-bond acceptors (Lipinski definition) is 1. The Balaban J connectivity index is 3.37. The van der Waals surface area contributed by atoms with Gasteiger partial charge in [0.25, 0.3) is 0 Å². The van der Waals surface area contributed by atoms with Gasteiger partial charge < -0.3 is 0 Å². The molecule has 0 fully saturated rings. The molecule has 0 radical (unpaired) electrons. The van der Waals surface area contributed by atoms with Gasteiger partial charge in [0.05, 0.1) is 0 Å². The van der Waals surface area contributed by atoms with Gasteiger partial charge >= 0.3 is 0 Å². The van der Waals surface area contributed by atoms with E-state index in [1.165, 1.54) is 12.2 Å². The van der Waals surface area contributed by atoms with E-state index in [0.717, 1.165) is 0 Å². The van der Waals surface area contributed by atoms with Gasteiger partial charge in [0.15, 0.2) is 5.78 Å². The van der Waals surface area contributed by atoms with E-state index in [0.29, 0.717) is 6.42 Å². The van der Waals surface area contributed by atoms with E-state index in [1.807, 2.05) is 0 Å². The first kappa shape index (κ1) is 7.34. The molecule has 0 aromatic rings. The van der Waals surface area contributed by atoms with Crippen LogP contribution in [0.25, 0.3) is 0 Å². The highest BCUT2D eigenvalue weighted by Gasteiger charge is 1.85. The Bertz CT molecular complexity index is 96.7. The van der Waals surface area contributed by atoms with Crippen molar-refractivity contribution in [2.75, 3.05) is 6.67 Å². The highest BCUT2D eigenvalue weighted by atomic mass is 19.1. The van der Waals surface area contributed by atoms with Crippen LogP contribution < -0.4 is 0 Å². The third-order valence-electron chi connectivity index (χ3n) is 0.741. The summed E-state index contributed by atoms with van der Waals surface area (Å²) in [7, 11) is 0. The molecule has 0 aromatic carbocycles. The van der Waals surface area contributed by atoms with E-state index in [1.54, 1.807) is 6.92 Å². The summed E-state index contributed by atoms with van der Waals surface area (Å²) in [6.45, 7) is 1.19. The summed E-state index contributed by atoms with van der Waals surface area (Å²) in [5.41, 5.74) is 0. The summed E-state index contributed by atoms with van der Waals surface area (Å²) < 4.78 is 11.3. The zero-order valence-corrected chi connectivity index (χ0v) is 4.86. The maximum absolute atomic E-state index is 11.3. The highest BCUT2D eigenvalue weighted by molar-refractivity contribution is 5.89. The summed E-state index contributed by atoms with van der Waals surface area (Å²) in [6, 6.07) is 0. The average Bonchev–Trinajstić information content (AvgIpc) is 1.83. The van der Waals surface area contributed by atoms with Gasteiger partial charge in [-0.15, -0.1) is 0 Å². The van der Waals surface area contributed by atoms with E-state index in [4.69, 9.17) is 0 Å². The summed E-state index contributed by atoms with van der Waals surface area (Å²) in [5.74, 6) is -0.0253. The first-order chi connectivity index (χ1) is 3.81. The molecule has 0 spiro atoms. The van der Waals surface area contributed by atoms with E-state index in [9.17, 15) is 9.18 Å². The minimum Gasteiger partial charge on any atom is -0.295 e. The van der Waals surface area contributed by atoms with E-state index >= 15 is 0 Å². The van der Waals surface area contributed by atoms with Crippen LogP contribution in [0, 0.1) is 0 Å².